The molecule has 0 saturated heterocycles. The van der Waals surface area contributed by atoms with Crippen LogP contribution >= 0.6 is 0 Å². The van der Waals surface area contributed by atoms with Gasteiger partial charge in [-0.3, -0.25) is 4.98 Å². The molecule has 6 heteroatoms. The van der Waals surface area contributed by atoms with E-state index >= 15 is 0 Å². The minimum Gasteiger partial charge on any atom is -0.497 e. The van der Waals surface area contributed by atoms with E-state index in [2.05, 4.69) is 175 Å². The summed E-state index contributed by atoms with van der Waals surface area (Å²) >= 11 is 0. The second kappa shape index (κ2) is 19.9. The largest absolute Gasteiger partial charge is 2.00 e. The Bertz CT molecular complexity index is 3190. The zero-order valence-electron chi connectivity index (χ0n) is 39.3. The fourth-order valence-corrected chi connectivity index (χ4v) is 9.04. The van der Waals surface area contributed by atoms with Crippen molar-refractivity contribution in [2.75, 3.05) is 0 Å². The Hall–Kier alpha value is -6.86. The third kappa shape index (κ3) is 9.56. The number of ether oxygens (including phenoxy) is 1. The number of nitriles is 1. The summed E-state index contributed by atoms with van der Waals surface area (Å²) in [4.78, 5) is 10.1. The molecule has 0 atom stereocenters. The van der Waals surface area contributed by atoms with Crippen LogP contribution in [0, 0.1) is 23.5 Å². The first-order chi connectivity index (χ1) is 32.0. The molecule has 0 aliphatic heterocycles. The third-order valence-corrected chi connectivity index (χ3v) is 12.4. The van der Waals surface area contributed by atoms with Gasteiger partial charge in [0.05, 0.1) is 28.5 Å². The average Bonchev–Trinajstić information content (AvgIpc) is 3.72. The molecule has 0 aliphatic carbocycles. The Labute approximate surface area is 410 Å². The monoisotopic (exact) mass is 1050 g/mol. The molecule has 7 aromatic carbocycles. The number of benzene rings is 7. The molecular weight excluding hydrogens is 1000 g/mol. The van der Waals surface area contributed by atoms with Crippen molar-refractivity contribution in [2.24, 2.45) is 0 Å². The van der Waals surface area contributed by atoms with Crippen molar-refractivity contribution in [2.45, 2.75) is 79.1 Å². The summed E-state index contributed by atoms with van der Waals surface area (Å²) in [6.45, 7) is 18.1. The van der Waals surface area contributed by atoms with E-state index in [-0.39, 0.29) is 32.9 Å². The second-order valence-corrected chi connectivity index (χ2v) is 18.4. The van der Waals surface area contributed by atoms with Gasteiger partial charge in [-0.05, 0) is 121 Å². The van der Waals surface area contributed by atoms with Crippen LogP contribution in [0.4, 0.5) is 0 Å². The van der Waals surface area contributed by atoms with E-state index in [1.54, 1.807) is 0 Å². The van der Waals surface area contributed by atoms with Crippen molar-refractivity contribution in [1.82, 2.24) is 14.5 Å². The SMILES string of the molecule is CC(C)c1cc(-c2ccccc2)cc(C(C)C)c1-c1ccnc(-c2[c-]c(Oc3[c-]c(-c4nc5ccc(C#N)cc5n4-c4c(C(C)C)cc(-c5ccccc5)cc4C(C)C)ccc3)ccc2)c1.[Pt+2]. The van der Waals surface area contributed by atoms with Gasteiger partial charge in [0.25, 0.3) is 0 Å². The number of fused-ring (bicyclic) bond motifs is 1. The fourth-order valence-electron chi connectivity index (χ4n) is 9.04. The molecule has 0 amide bonds. The first-order valence-electron chi connectivity index (χ1n) is 23.1. The summed E-state index contributed by atoms with van der Waals surface area (Å²) in [6.07, 6.45) is 1.90. The summed E-state index contributed by atoms with van der Waals surface area (Å²) in [5, 5.41) is 10.1. The fraction of sp³-hybridized carbons (Fsp3) is 0.197. The van der Waals surface area contributed by atoms with Crippen molar-refractivity contribution in [1.29, 1.82) is 5.26 Å². The van der Waals surface area contributed by atoms with Gasteiger partial charge in [0.2, 0.25) is 0 Å². The molecule has 0 radical (unpaired) electrons. The predicted molar refractivity (Wildman–Crippen MR) is 271 cm³/mol. The summed E-state index contributed by atoms with van der Waals surface area (Å²) in [5.41, 5.74) is 18.0. The topological polar surface area (TPSA) is 63.7 Å². The Morgan fingerprint density at radius 3 is 1.58 bits per heavy atom. The molecule has 67 heavy (non-hydrogen) atoms. The van der Waals surface area contributed by atoms with Crippen LogP contribution < -0.4 is 4.74 Å². The van der Waals surface area contributed by atoms with Crippen molar-refractivity contribution < 1.29 is 25.8 Å². The average molecular weight is 1050 g/mol. The number of hydrogen-bond acceptors (Lipinski definition) is 4. The van der Waals surface area contributed by atoms with E-state index in [1.165, 1.54) is 50.1 Å². The van der Waals surface area contributed by atoms with E-state index in [0.717, 1.165) is 44.9 Å². The van der Waals surface area contributed by atoms with E-state index in [9.17, 15) is 5.26 Å². The molecule has 0 aliphatic rings. The van der Waals surface area contributed by atoms with Gasteiger partial charge in [0, 0.05) is 23.4 Å². The van der Waals surface area contributed by atoms with Gasteiger partial charge in [-0.2, -0.15) is 5.26 Å². The molecule has 5 nitrogen and oxygen atoms in total. The van der Waals surface area contributed by atoms with Crippen molar-refractivity contribution in [3.8, 4) is 79.3 Å². The molecule has 2 heterocycles. The molecule has 0 N–H and O–H groups in total. The van der Waals surface area contributed by atoms with Crippen LogP contribution in [-0.4, -0.2) is 14.5 Å². The Morgan fingerprint density at radius 2 is 1.04 bits per heavy atom. The smallest absolute Gasteiger partial charge is 0.497 e. The summed E-state index contributed by atoms with van der Waals surface area (Å²) in [5.74, 6) is 2.82. The molecule has 2 aromatic heterocycles. The molecule has 9 rings (SSSR count). The molecular formula is C61H54N4OPt. The molecule has 0 fully saturated rings. The van der Waals surface area contributed by atoms with Crippen LogP contribution in [0.15, 0.2) is 158 Å². The van der Waals surface area contributed by atoms with Gasteiger partial charge in [-0.15, -0.1) is 47.5 Å². The third-order valence-electron chi connectivity index (χ3n) is 12.4. The van der Waals surface area contributed by atoms with Crippen molar-refractivity contribution in [3.63, 3.8) is 0 Å². The van der Waals surface area contributed by atoms with Gasteiger partial charge in [-0.1, -0.05) is 146 Å². The van der Waals surface area contributed by atoms with E-state index in [4.69, 9.17) is 14.7 Å². The number of imidazole rings is 1. The van der Waals surface area contributed by atoms with Gasteiger partial charge in [0.15, 0.2) is 0 Å². The van der Waals surface area contributed by atoms with Crippen LogP contribution in [-0.2, 0) is 21.1 Å². The Kier molecular flexibility index (Phi) is 13.9. The minimum atomic E-state index is 0. The van der Waals surface area contributed by atoms with Gasteiger partial charge in [0.1, 0.15) is 0 Å². The molecule has 0 bridgehead atoms. The van der Waals surface area contributed by atoms with Crippen LogP contribution in [0.5, 0.6) is 11.5 Å². The molecule has 0 unspecified atom stereocenters. The van der Waals surface area contributed by atoms with Crippen LogP contribution in [0.25, 0.3) is 72.7 Å². The number of rotatable bonds is 12. The van der Waals surface area contributed by atoms with E-state index in [0.29, 0.717) is 28.9 Å². The summed E-state index contributed by atoms with van der Waals surface area (Å²) in [6, 6.07) is 61.9. The van der Waals surface area contributed by atoms with E-state index in [1.807, 2.05) is 60.8 Å². The zero-order chi connectivity index (χ0) is 46.1. The molecule has 0 saturated carbocycles. The summed E-state index contributed by atoms with van der Waals surface area (Å²) < 4.78 is 8.84. The van der Waals surface area contributed by atoms with Gasteiger partial charge < -0.3 is 14.3 Å². The predicted octanol–water partition coefficient (Wildman–Crippen LogP) is 16.5. The quantitative estimate of drug-likeness (QED) is 0.114. The Balaban J connectivity index is 0.00000608. The van der Waals surface area contributed by atoms with Crippen molar-refractivity contribution in [3.05, 3.63) is 198 Å². The molecule has 334 valence electrons. The Morgan fingerprint density at radius 1 is 0.522 bits per heavy atom. The first-order valence-corrected chi connectivity index (χ1v) is 23.1. The van der Waals surface area contributed by atoms with Gasteiger partial charge >= 0.3 is 21.1 Å². The van der Waals surface area contributed by atoms with Gasteiger partial charge in [-0.25, -0.2) is 0 Å². The normalized spacial score (nSPS) is 11.4. The number of nitrogens with zero attached hydrogens (tertiary/aromatic N) is 4. The van der Waals surface area contributed by atoms with Crippen LogP contribution in [0.3, 0.4) is 0 Å². The first kappa shape index (κ1) is 46.7. The number of aromatic nitrogens is 3. The van der Waals surface area contributed by atoms with Crippen LogP contribution in [0.2, 0.25) is 0 Å². The minimum absolute atomic E-state index is 0. The number of pyridine rings is 1. The zero-order valence-corrected chi connectivity index (χ0v) is 41.6. The number of hydrogen-bond donors (Lipinski definition) is 0. The maximum atomic E-state index is 10.1. The standard InChI is InChI=1S/C61H54N4O.Pt/c1-38(2)52-32-48(43-17-11-9-12-18-43)33-53(39(3)4)59(52)46-27-28-63-57(36-46)45-21-15-23-50(30-45)66-51-24-16-22-47(31-51)61-64-56-26-25-42(37-62)29-58(56)65(61)60-54(40(5)6)34-49(35-55(60)41(7)8)44-19-13-10-14-20-44;/h9-29,32-36,38-41H,1-8H3;/q-2;+2. The maximum absolute atomic E-state index is 10.1. The van der Waals surface area contributed by atoms with Crippen molar-refractivity contribution >= 4 is 11.0 Å². The second-order valence-electron chi connectivity index (χ2n) is 18.4. The van der Waals surface area contributed by atoms with Crippen LogP contribution in [0.1, 0.15) is 107 Å². The maximum Gasteiger partial charge on any atom is 2.00 e. The molecule has 0 spiro atoms. The summed E-state index contributed by atoms with van der Waals surface area (Å²) in [7, 11) is 0. The molecule has 9 aromatic rings. The van der Waals surface area contributed by atoms with E-state index < -0.39 is 0 Å².